The Kier molecular flexibility index (Phi) is 3.97. The number of benzene rings is 2. The van der Waals surface area contributed by atoms with Crippen molar-refractivity contribution in [1.82, 2.24) is 0 Å². The van der Waals surface area contributed by atoms with Crippen LogP contribution in [-0.2, 0) is 12.8 Å². The van der Waals surface area contributed by atoms with Crippen LogP contribution in [0.1, 0.15) is 34.3 Å². The van der Waals surface area contributed by atoms with Gasteiger partial charge in [0.25, 0.3) is 5.91 Å². The third-order valence-corrected chi connectivity index (χ3v) is 4.08. The molecule has 1 aliphatic carbocycles. The van der Waals surface area contributed by atoms with Crippen LogP contribution in [0.2, 0.25) is 0 Å². The predicted octanol–water partition coefficient (Wildman–Crippen LogP) is 3.43. The Bertz CT molecular complexity index is 786. The van der Waals surface area contributed by atoms with Gasteiger partial charge in [-0.3, -0.25) is 14.9 Å². The second-order valence-corrected chi connectivity index (χ2v) is 5.57. The number of rotatable bonds is 3. The molecule has 23 heavy (non-hydrogen) atoms. The number of hydrogen-bond donors (Lipinski definition) is 2. The maximum absolute atomic E-state index is 12.3. The zero-order valence-electron chi connectivity index (χ0n) is 12.4. The van der Waals surface area contributed by atoms with Crippen LogP contribution in [-0.4, -0.2) is 15.9 Å². The number of phenols is 1. The lowest BCUT2D eigenvalue weighted by Crippen LogP contribution is -2.15. The Balaban J connectivity index is 1.85. The maximum atomic E-state index is 12.3. The summed E-state index contributed by atoms with van der Waals surface area (Å²) in [6.45, 7) is 0. The van der Waals surface area contributed by atoms with Crippen LogP contribution in [0.4, 0.5) is 11.4 Å². The molecule has 1 amide bonds. The van der Waals surface area contributed by atoms with Gasteiger partial charge in [-0.05, 0) is 55.0 Å². The van der Waals surface area contributed by atoms with Gasteiger partial charge in [-0.2, -0.15) is 0 Å². The summed E-state index contributed by atoms with van der Waals surface area (Å²) in [7, 11) is 0. The third kappa shape index (κ3) is 3.01. The van der Waals surface area contributed by atoms with Gasteiger partial charge >= 0.3 is 5.69 Å². The minimum Gasteiger partial charge on any atom is -0.502 e. The first-order chi connectivity index (χ1) is 11.1. The lowest BCUT2D eigenvalue weighted by Gasteiger charge is -2.19. The third-order valence-electron chi connectivity index (χ3n) is 4.08. The summed E-state index contributed by atoms with van der Waals surface area (Å²) in [6.07, 6.45) is 4.19. The molecular formula is C17H16N2O4. The molecule has 6 nitrogen and oxygen atoms in total. The topological polar surface area (TPSA) is 92.5 Å². The number of aromatic hydroxyl groups is 1. The number of aryl methyl sites for hydroxylation is 1. The minimum absolute atomic E-state index is 0.182. The van der Waals surface area contributed by atoms with Crippen LogP contribution in [0, 0.1) is 10.1 Å². The van der Waals surface area contributed by atoms with Gasteiger partial charge in [0.2, 0.25) is 0 Å². The number of anilines is 1. The molecule has 0 saturated carbocycles. The van der Waals surface area contributed by atoms with E-state index < -0.39 is 22.3 Å². The van der Waals surface area contributed by atoms with E-state index in [2.05, 4.69) is 11.4 Å². The molecule has 2 N–H and O–H groups in total. The molecule has 2 aromatic rings. The average molecular weight is 312 g/mol. The van der Waals surface area contributed by atoms with E-state index in [0.717, 1.165) is 49.1 Å². The molecule has 1 aliphatic rings. The summed E-state index contributed by atoms with van der Waals surface area (Å²) >= 11 is 0. The first kappa shape index (κ1) is 15.0. The van der Waals surface area contributed by atoms with Crippen molar-refractivity contribution in [2.24, 2.45) is 0 Å². The molecule has 0 bridgehead atoms. The van der Waals surface area contributed by atoms with E-state index in [1.165, 1.54) is 11.6 Å². The highest BCUT2D eigenvalue weighted by molar-refractivity contribution is 6.05. The summed E-state index contributed by atoms with van der Waals surface area (Å²) in [5.74, 6) is -0.910. The fraction of sp³-hybridized carbons (Fsp3) is 0.235. The molecule has 118 valence electrons. The van der Waals surface area contributed by atoms with Crippen molar-refractivity contribution >= 4 is 17.3 Å². The van der Waals surface area contributed by atoms with Crippen molar-refractivity contribution < 1.29 is 14.8 Å². The summed E-state index contributed by atoms with van der Waals surface area (Å²) in [5.41, 5.74) is 2.93. The van der Waals surface area contributed by atoms with Crippen molar-refractivity contribution in [3.05, 3.63) is 63.2 Å². The number of fused-ring (bicyclic) bond motifs is 1. The lowest BCUT2D eigenvalue weighted by atomic mass is 9.90. The van der Waals surface area contributed by atoms with Crippen LogP contribution < -0.4 is 5.32 Å². The SMILES string of the molecule is O=C(Nc1cccc2c1CCCC2)c1ccc([N+](=O)[O-])c(O)c1. The molecule has 0 unspecified atom stereocenters. The highest BCUT2D eigenvalue weighted by atomic mass is 16.6. The number of nitro benzene ring substituents is 1. The Labute approximate surface area is 132 Å². The van der Waals surface area contributed by atoms with E-state index in [4.69, 9.17) is 0 Å². The van der Waals surface area contributed by atoms with Crippen LogP contribution in [0.25, 0.3) is 0 Å². The molecule has 0 spiro atoms. The monoisotopic (exact) mass is 312 g/mol. The predicted molar refractivity (Wildman–Crippen MR) is 85.8 cm³/mol. The number of carbonyl (C=O) groups is 1. The Morgan fingerprint density at radius 3 is 2.70 bits per heavy atom. The van der Waals surface area contributed by atoms with E-state index in [-0.39, 0.29) is 5.56 Å². The zero-order valence-corrected chi connectivity index (χ0v) is 12.4. The van der Waals surface area contributed by atoms with E-state index in [0.29, 0.717) is 0 Å². The van der Waals surface area contributed by atoms with Crippen LogP contribution in [0.5, 0.6) is 5.75 Å². The number of nitrogens with one attached hydrogen (secondary N) is 1. The van der Waals surface area contributed by atoms with Gasteiger partial charge in [0, 0.05) is 17.3 Å². The van der Waals surface area contributed by atoms with E-state index >= 15 is 0 Å². The Hall–Kier alpha value is -2.89. The van der Waals surface area contributed by atoms with Gasteiger partial charge in [0.05, 0.1) is 4.92 Å². The number of carbonyl (C=O) groups excluding carboxylic acids is 1. The van der Waals surface area contributed by atoms with Gasteiger partial charge < -0.3 is 10.4 Å². The number of nitrogens with zero attached hydrogens (tertiary/aromatic N) is 1. The molecule has 6 heteroatoms. The molecule has 0 aromatic heterocycles. The fourth-order valence-corrected chi connectivity index (χ4v) is 2.91. The lowest BCUT2D eigenvalue weighted by molar-refractivity contribution is -0.385. The minimum atomic E-state index is -0.690. The van der Waals surface area contributed by atoms with E-state index in [9.17, 15) is 20.0 Å². The Morgan fingerprint density at radius 2 is 1.96 bits per heavy atom. The molecule has 0 heterocycles. The van der Waals surface area contributed by atoms with Crippen molar-refractivity contribution in [3.63, 3.8) is 0 Å². The first-order valence-electron chi connectivity index (χ1n) is 7.46. The van der Waals surface area contributed by atoms with Gasteiger partial charge in [-0.15, -0.1) is 0 Å². The molecule has 0 atom stereocenters. The van der Waals surface area contributed by atoms with Gasteiger partial charge in [0.15, 0.2) is 5.75 Å². The van der Waals surface area contributed by atoms with Crippen molar-refractivity contribution in [1.29, 1.82) is 0 Å². The normalized spacial score (nSPS) is 13.2. The molecule has 0 radical (unpaired) electrons. The molecule has 0 saturated heterocycles. The number of nitro groups is 1. The molecule has 3 rings (SSSR count). The number of phenolic OH excluding ortho intramolecular Hbond substituents is 1. The Morgan fingerprint density at radius 1 is 1.17 bits per heavy atom. The summed E-state index contributed by atoms with van der Waals surface area (Å²) in [4.78, 5) is 22.4. The molecule has 0 fully saturated rings. The molecular weight excluding hydrogens is 296 g/mol. The van der Waals surface area contributed by atoms with Crippen molar-refractivity contribution in [2.75, 3.05) is 5.32 Å². The van der Waals surface area contributed by atoms with Crippen molar-refractivity contribution in [2.45, 2.75) is 25.7 Å². The first-order valence-corrected chi connectivity index (χ1v) is 7.46. The maximum Gasteiger partial charge on any atom is 0.310 e. The quantitative estimate of drug-likeness (QED) is 0.671. The zero-order chi connectivity index (χ0) is 16.4. The summed E-state index contributed by atoms with van der Waals surface area (Å²) < 4.78 is 0. The summed E-state index contributed by atoms with van der Waals surface area (Å²) in [5, 5.41) is 23.2. The van der Waals surface area contributed by atoms with E-state index in [1.54, 1.807) is 0 Å². The highest BCUT2D eigenvalue weighted by Crippen LogP contribution is 2.29. The van der Waals surface area contributed by atoms with Gasteiger partial charge in [0.1, 0.15) is 0 Å². The fourth-order valence-electron chi connectivity index (χ4n) is 2.91. The summed E-state index contributed by atoms with van der Waals surface area (Å²) in [6, 6.07) is 9.42. The van der Waals surface area contributed by atoms with Crippen LogP contribution in [0.3, 0.4) is 0 Å². The second-order valence-electron chi connectivity index (χ2n) is 5.57. The smallest absolute Gasteiger partial charge is 0.310 e. The number of hydrogen-bond acceptors (Lipinski definition) is 4. The second kappa shape index (κ2) is 6.08. The van der Waals surface area contributed by atoms with Crippen LogP contribution in [0.15, 0.2) is 36.4 Å². The largest absolute Gasteiger partial charge is 0.502 e. The average Bonchev–Trinajstić information content (AvgIpc) is 2.54. The standard InChI is InChI=1S/C17H16N2O4/c20-16-10-12(8-9-15(16)19(22)23)17(21)18-14-7-3-5-11-4-1-2-6-13(11)14/h3,5,7-10,20H,1-2,4,6H2,(H,18,21). The molecule has 2 aromatic carbocycles. The van der Waals surface area contributed by atoms with E-state index in [1.807, 2.05) is 12.1 Å². The van der Waals surface area contributed by atoms with Gasteiger partial charge in [-0.25, -0.2) is 0 Å². The highest BCUT2D eigenvalue weighted by Gasteiger charge is 2.18. The number of amides is 1. The molecule has 0 aliphatic heterocycles. The van der Waals surface area contributed by atoms with Crippen LogP contribution >= 0.6 is 0 Å². The van der Waals surface area contributed by atoms with Crippen molar-refractivity contribution in [3.8, 4) is 5.75 Å². The van der Waals surface area contributed by atoms with Gasteiger partial charge in [-0.1, -0.05) is 12.1 Å².